The van der Waals surface area contributed by atoms with Gasteiger partial charge in [-0.15, -0.1) is 0 Å². The van der Waals surface area contributed by atoms with Crippen LogP contribution in [0.4, 0.5) is 11.4 Å². The zero-order valence-electron chi connectivity index (χ0n) is 13.5. The minimum Gasteiger partial charge on any atom is -0.492 e. The van der Waals surface area contributed by atoms with Gasteiger partial charge in [-0.3, -0.25) is 10.1 Å². The summed E-state index contributed by atoms with van der Waals surface area (Å²) >= 11 is 0. The Morgan fingerprint density at radius 2 is 2.00 bits per heavy atom. The van der Waals surface area contributed by atoms with Crippen molar-refractivity contribution in [1.29, 1.82) is 0 Å². The van der Waals surface area contributed by atoms with Crippen LogP contribution in [0.25, 0.3) is 11.0 Å². The fourth-order valence-electron chi connectivity index (χ4n) is 2.53. The summed E-state index contributed by atoms with van der Waals surface area (Å²) in [6, 6.07) is 14.3. The van der Waals surface area contributed by atoms with Gasteiger partial charge < -0.3 is 14.5 Å². The zero-order chi connectivity index (χ0) is 17.8. The van der Waals surface area contributed by atoms with Crippen LogP contribution in [0.1, 0.15) is 5.56 Å². The third kappa shape index (κ3) is 3.60. The summed E-state index contributed by atoms with van der Waals surface area (Å²) in [5.74, 6) is 0.716. The number of benzene rings is 2. The average Bonchev–Trinajstić information content (AvgIpc) is 2.58. The lowest BCUT2D eigenvalue weighted by Gasteiger charge is -2.10. The number of para-hydroxylation sites is 1. The van der Waals surface area contributed by atoms with Gasteiger partial charge >= 0.3 is 11.3 Å². The summed E-state index contributed by atoms with van der Waals surface area (Å²) in [4.78, 5) is 22.4. The van der Waals surface area contributed by atoms with Crippen molar-refractivity contribution in [1.82, 2.24) is 0 Å². The van der Waals surface area contributed by atoms with E-state index in [1.165, 1.54) is 0 Å². The lowest BCUT2D eigenvalue weighted by molar-refractivity contribution is -0.386. The normalized spacial score (nSPS) is 10.6. The first-order valence-corrected chi connectivity index (χ1v) is 7.70. The highest BCUT2D eigenvalue weighted by molar-refractivity contribution is 5.94. The maximum absolute atomic E-state index is 11.9. The molecule has 0 saturated carbocycles. The molecule has 3 rings (SSSR count). The second-order valence-corrected chi connectivity index (χ2v) is 5.46. The monoisotopic (exact) mass is 340 g/mol. The van der Waals surface area contributed by atoms with Gasteiger partial charge in [-0.05, 0) is 36.8 Å². The maximum atomic E-state index is 11.9. The molecule has 0 aliphatic carbocycles. The predicted molar refractivity (Wildman–Crippen MR) is 94.3 cm³/mol. The first kappa shape index (κ1) is 16.5. The van der Waals surface area contributed by atoms with Gasteiger partial charge in [0, 0.05) is 11.9 Å². The highest BCUT2D eigenvalue weighted by Gasteiger charge is 2.24. The SMILES string of the molecule is Cc1cccc(OCCNc2c([N+](=O)[O-])c(=O)oc3ccccc23)c1. The number of fused-ring (bicyclic) bond motifs is 1. The lowest BCUT2D eigenvalue weighted by Crippen LogP contribution is -2.16. The Hall–Kier alpha value is -3.35. The Labute approximate surface area is 143 Å². The predicted octanol–water partition coefficient (Wildman–Crippen LogP) is 3.50. The number of aryl methyl sites for hydroxylation is 1. The molecule has 0 bridgehead atoms. The summed E-state index contributed by atoms with van der Waals surface area (Å²) in [5.41, 5.74) is -0.0716. The number of ether oxygens (including phenoxy) is 1. The Morgan fingerprint density at radius 3 is 2.76 bits per heavy atom. The summed E-state index contributed by atoms with van der Waals surface area (Å²) in [6.45, 7) is 2.54. The van der Waals surface area contributed by atoms with E-state index in [2.05, 4.69) is 5.32 Å². The van der Waals surface area contributed by atoms with Crippen molar-refractivity contribution in [3.05, 3.63) is 74.6 Å². The second kappa shape index (κ2) is 7.04. The summed E-state index contributed by atoms with van der Waals surface area (Å²) in [7, 11) is 0. The van der Waals surface area contributed by atoms with Gasteiger partial charge in [-0.2, -0.15) is 0 Å². The Kier molecular flexibility index (Phi) is 4.65. The maximum Gasteiger partial charge on any atom is 0.417 e. The summed E-state index contributed by atoms with van der Waals surface area (Å²) in [5, 5.41) is 14.7. The number of nitro groups is 1. The Bertz CT molecular complexity index is 981. The number of anilines is 1. The van der Waals surface area contributed by atoms with Gasteiger partial charge in [0.25, 0.3) is 0 Å². The molecule has 1 heterocycles. The van der Waals surface area contributed by atoms with E-state index < -0.39 is 16.2 Å². The number of nitrogens with zero attached hydrogens (tertiary/aromatic N) is 1. The van der Waals surface area contributed by atoms with Crippen molar-refractivity contribution >= 4 is 22.3 Å². The van der Waals surface area contributed by atoms with Gasteiger partial charge in [0.05, 0.1) is 4.92 Å². The smallest absolute Gasteiger partial charge is 0.417 e. The molecule has 0 unspecified atom stereocenters. The number of hydrogen-bond acceptors (Lipinski definition) is 6. The first-order valence-electron chi connectivity index (χ1n) is 7.70. The fourth-order valence-corrected chi connectivity index (χ4v) is 2.53. The molecule has 0 amide bonds. The van der Waals surface area contributed by atoms with Crippen molar-refractivity contribution in [3.8, 4) is 5.75 Å². The van der Waals surface area contributed by atoms with E-state index >= 15 is 0 Å². The topological polar surface area (TPSA) is 94.6 Å². The molecule has 0 fully saturated rings. The van der Waals surface area contributed by atoms with Crippen LogP contribution in [-0.2, 0) is 0 Å². The zero-order valence-corrected chi connectivity index (χ0v) is 13.5. The van der Waals surface area contributed by atoms with Gasteiger partial charge in [0.2, 0.25) is 0 Å². The van der Waals surface area contributed by atoms with Gasteiger partial charge in [0.1, 0.15) is 23.6 Å². The molecule has 2 aromatic carbocycles. The molecular weight excluding hydrogens is 324 g/mol. The first-order chi connectivity index (χ1) is 12.1. The molecule has 0 aliphatic heterocycles. The number of nitrogens with one attached hydrogen (secondary N) is 1. The van der Waals surface area contributed by atoms with Crippen LogP contribution in [-0.4, -0.2) is 18.1 Å². The average molecular weight is 340 g/mol. The van der Waals surface area contributed by atoms with Crippen molar-refractivity contribution < 1.29 is 14.1 Å². The largest absolute Gasteiger partial charge is 0.492 e. The van der Waals surface area contributed by atoms with Crippen molar-refractivity contribution in [3.63, 3.8) is 0 Å². The third-order valence-corrected chi connectivity index (χ3v) is 3.63. The van der Waals surface area contributed by atoms with Crippen LogP contribution >= 0.6 is 0 Å². The molecule has 7 heteroatoms. The third-order valence-electron chi connectivity index (χ3n) is 3.63. The molecule has 3 aromatic rings. The highest BCUT2D eigenvalue weighted by atomic mass is 16.6. The van der Waals surface area contributed by atoms with E-state index in [4.69, 9.17) is 9.15 Å². The fraction of sp³-hybridized carbons (Fsp3) is 0.167. The van der Waals surface area contributed by atoms with Crippen LogP contribution in [0.5, 0.6) is 5.75 Å². The number of hydrogen-bond donors (Lipinski definition) is 1. The van der Waals surface area contributed by atoms with Crippen LogP contribution in [0.15, 0.2) is 57.7 Å². The van der Waals surface area contributed by atoms with E-state index in [0.717, 1.165) is 5.56 Å². The number of rotatable bonds is 6. The van der Waals surface area contributed by atoms with Crippen molar-refractivity contribution in [2.45, 2.75) is 6.92 Å². The van der Waals surface area contributed by atoms with Crippen molar-refractivity contribution in [2.75, 3.05) is 18.5 Å². The van der Waals surface area contributed by atoms with Crippen LogP contribution < -0.4 is 15.7 Å². The molecule has 0 radical (unpaired) electrons. The molecule has 1 aromatic heterocycles. The second-order valence-electron chi connectivity index (χ2n) is 5.46. The molecule has 0 spiro atoms. The van der Waals surface area contributed by atoms with Crippen LogP contribution in [0.3, 0.4) is 0 Å². The van der Waals surface area contributed by atoms with Gasteiger partial charge in [-0.25, -0.2) is 4.79 Å². The van der Waals surface area contributed by atoms with E-state index in [-0.39, 0.29) is 12.3 Å². The molecular formula is C18H16N2O5. The molecule has 0 aliphatic rings. The Morgan fingerprint density at radius 1 is 1.20 bits per heavy atom. The standard InChI is InChI=1S/C18H16N2O5/c1-12-5-4-6-13(11-12)24-10-9-19-16-14-7-2-3-8-15(14)25-18(21)17(16)20(22)23/h2-8,11,19H,9-10H2,1H3. The molecule has 1 N–H and O–H groups in total. The molecule has 128 valence electrons. The molecule has 7 nitrogen and oxygen atoms in total. The van der Waals surface area contributed by atoms with E-state index in [0.29, 0.717) is 23.3 Å². The summed E-state index contributed by atoms with van der Waals surface area (Å²) < 4.78 is 10.6. The van der Waals surface area contributed by atoms with Gasteiger partial charge in [0.15, 0.2) is 0 Å². The minimum absolute atomic E-state index is 0.143. The van der Waals surface area contributed by atoms with Crippen LogP contribution in [0.2, 0.25) is 0 Å². The van der Waals surface area contributed by atoms with Crippen molar-refractivity contribution in [2.24, 2.45) is 0 Å². The molecule has 0 saturated heterocycles. The summed E-state index contributed by atoms with van der Waals surface area (Å²) in [6.07, 6.45) is 0. The molecule has 0 atom stereocenters. The Balaban J connectivity index is 1.81. The van der Waals surface area contributed by atoms with E-state index in [1.807, 2.05) is 31.2 Å². The quantitative estimate of drug-likeness (QED) is 0.319. The molecule has 25 heavy (non-hydrogen) atoms. The minimum atomic E-state index is -0.981. The van der Waals surface area contributed by atoms with Gasteiger partial charge in [-0.1, -0.05) is 24.3 Å². The van der Waals surface area contributed by atoms with Crippen LogP contribution in [0, 0.1) is 17.0 Å². The lowest BCUT2D eigenvalue weighted by atomic mass is 10.2. The van der Waals surface area contributed by atoms with E-state index in [1.54, 1.807) is 24.3 Å². The highest BCUT2D eigenvalue weighted by Crippen LogP contribution is 2.29. The van der Waals surface area contributed by atoms with E-state index in [9.17, 15) is 14.9 Å².